The van der Waals surface area contributed by atoms with Crippen LogP contribution in [0.1, 0.15) is 17.2 Å². The smallest absolute Gasteiger partial charge is 0.123 e. The number of hydrogen-bond acceptors (Lipinski definition) is 2. The SMILES string of the molecule is NC(Cc1cccc(O)c1)c1ccc(F)cc1. The molecule has 0 heterocycles. The van der Waals surface area contributed by atoms with Crippen LogP contribution in [0.2, 0.25) is 0 Å². The Kier molecular flexibility index (Phi) is 3.40. The molecule has 1 atom stereocenters. The molecule has 17 heavy (non-hydrogen) atoms. The second-order valence-electron chi connectivity index (χ2n) is 4.03. The summed E-state index contributed by atoms with van der Waals surface area (Å²) >= 11 is 0. The lowest BCUT2D eigenvalue weighted by Gasteiger charge is -2.12. The number of nitrogens with two attached hydrogens (primary N) is 1. The molecule has 1 unspecified atom stereocenters. The third kappa shape index (κ3) is 3.04. The Morgan fingerprint density at radius 3 is 2.47 bits per heavy atom. The highest BCUT2D eigenvalue weighted by Gasteiger charge is 2.07. The van der Waals surface area contributed by atoms with Crippen molar-refractivity contribution in [3.63, 3.8) is 0 Å². The molecule has 2 rings (SSSR count). The lowest BCUT2D eigenvalue weighted by Crippen LogP contribution is -2.13. The van der Waals surface area contributed by atoms with E-state index in [1.54, 1.807) is 30.3 Å². The van der Waals surface area contributed by atoms with Gasteiger partial charge in [-0.25, -0.2) is 4.39 Å². The van der Waals surface area contributed by atoms with Gasteiger partial charge in [-0.1, -0.05) is 24.3 Å². The highest BCUT2D eigenvalue weighted by Crippen LogP contribution is 2.19. The largest absolute Gasteiger partial charge is 0.508 e. The monoisotopic (exact) mass is 231 g/mol. The van der Waals surface area contributed by atoms with E-state index in [-0.39, 0.29) is 17.6 Å². The normalized spacial score (nSPS) is 12.4. The van der Waals surface area contributed by atoms with Crippen molar-refractivity contribution < 1.29 is 9.50 Å². The molecule has 0 aliphatic rings. The molecule has 88 valence electrons. The maximum absolute atomic E-state index is 12.8. The van der Waals surface area contributed by atoms with E-state index < -0.39 is 0 Å². The van der Waals surface area contributed by atoms with Crippen molar-refractivity contribution in [1.29, 1.82) is 0 Å². The molecule has 3 N–H and O–H groups in total. The van der Waals surface area contributed by atoms with Gasteiger partial charge >= 0.3 is 0 Å². The number of rotatable bonds is 3. The van der Waals surface area contributed by atoms with Crippen molar-refractivity contribution >= 4 is 0 Å². The van der Waals surface area contributed by atoms with Crippen LogP contribution in [-0.2, 0) is 6.42 Å². The Morgan fingerprint density at radius 1 is 1.12 bits per heavy atom. The van der Waals surface area contributed by atoms with Gasteiger partial charge in [0.15, 0.2) is 0 Å². The number of phenolic OH excluding ortho intramolecular Hbond substituents is 1. The fourth-order valence-corrected chi connectivity index (χ4v) is 1.77. The van der Waals surface area contributed by atoms with Gasteiger partial charge in [0, 0.05) is 6.04 Å². The maximum Gasteiger partial charge on any atom is 0.123 e. The highest BCUT2D eigenvalue weighted by molar-refractivity contribution is 5.29. The van der Waals surface area contributed by atoms with E-state index in [1.807, 2.05) is 6.07 Å². The van der Waals surface area contributed by atoms with Crippen molar-refractivity contribution in [3.8, 4) is 5.75 Å². The van der Waals surface area contributed by atoms with Crippen LogP contribution in [-0.4, -0.2) is 5.11 Å². The third-order valence-corrected chi connectivity index (χ3v) is 2.66. The van der Waals surface area contributed by atoms with E-state index in [2.05, 4.69) is 0 Å². The van der Waals surface area contributed by atoms with Gasteiger partial charge < -0.3 is 10.8 Å². The number of phenols is 1. The molecule has 0 aliphatic heterocycles. The molecule has 0 fully saturated rings. The van der Waals surface area contributed by atoms with Crippen molar-refractivity contribution in [3.05, 3.63) is 65.5 Å². The molecule has 0 spiro atoms. The first-order chi connectivity index (χ1) is 8.15. The molecule has 2 aromatic rings. The van der Waals surface area contributed by atoms with E-state index >= 15 is 0 Å². The third-order valence-electron chi connectivity index (χ3n) is 2.66. The fourth-order valence-electron chi connectivity index (χ4n) is 1.77. The molecule has 0 aliphatic carbocycles. The van der Waals surface area contributed by atoms with Gasteiger partial charge in [0.2, 0.25) is 0 Å². The molecule has 0 saturated carbocycles. The Morgan fingerprint density at radius 2 is 1.82 bits per heavy atom. The Bertz CT molecular complexity index is 496. The summed E-state index contributed by atoms with van der Waals surface area (Å²) in [4.78, 5) is 0. The Balaban J connectivity index is 2.11. The number of aromatic hydroxyl groups is 1. The molecule has 3 heteroatoms. The summed E-state index contributed by atoms with van der Waals surface area (Å²) in [7, 11) is 0. The predicted octanol–water partition coefficient (Wildman–Crippen LogP) is 2.77. The fraction of sp³-hybridized carbons (Fsp3) is 0.143. The van der Waals surface area contributed by atoms with Crippen LogP contribution in [0.5, 0.6) is 5.75 Å². The Labute approximate surface area is 99.5 Å². The summed E-state index contributed by atoms with van der Waals surface area (Å²) in [6, 6.07) is 13.0. The molecule has 0 aromatic heterocycles. The number of hydrogen-bond donors (Lipinski definition) is 2. The van der Waals surface area contributed by atoms with Crippen LogP contribution in [0.25, 0.3) is 0 Å². The van der Waals surface area contributed by atoms with Gasteiger partial charge in [0.1, 0.15) is 11.6 Å². The van der Waals surface area contributed by atoms with Crippen molar-refractivity contribution in [2.24, 2.45) is 5.73 Å². The lowest BCUT2D eigenvalue weighted by atomic mass is 9.99. The van der Waals surface area contributed by atoms with Crippen LogP contribution in [0.3, 0.4) is 0 Å². The highest BCUT2D eigenvalue weighted by atomic mass is 19.1. The molecular weight excluding hydrogens is 217 g/mol. The minimum atomic E-state index is -0.265. The average molecular weight is 231 g/mol. The van der Waals surface area contributed by atoms with E-state index in [0.29, 0.717) is 6.42 Å². The zero-order chi connectivity index (χ0) is 12.3. The first-order valence-electron chi connectivity index (χ1n) is 5.44. The molecular formula is C14H14FNO. The van der Waals surface area contributed by atoms with E-state index in [9.17, 15) is 9.50 Å². The molecule has 0 bridgehead atoms. The van der Waals surface area contributed by atoms with Crippen molar-refractivity contribution in [2.75, 3.05) is 0 Å². The zero-order valence-corrected chi connectivity index (χ0v) is 9.31. The van der Waals surface area contributed by atoms with Gasteiger partial charge in [0.05, 0.1) is 0 Å². The minimum absolute atomic E-state index is 0.197. The van der Waals surface area contributed by atoms with Gasteiger partial charge in [-0.3, -0.25) is 0 Å². The molecule has 0 saturated heterocycles. The standard InChI is InChI=1S/C14H14FNO/c15-12-6-4-11(5-7-12)14(16)9-10-2-1-3-13(17)8-10/h1-8,14,17H,9,16H2. The number of halogens is 1. The van der Waals surface area contributed by atoms with Gasteiger partial charge in [-0.05, 0) is 41.8 Å². The first-order valence-corrected chi connectivity index (χ1v) is 5.44. The molecule has 2 aromatic carbocycles. The second-order valence-corrected chi connectivity index (χ2v) is 4.03. The van der Waals surface area contributed by atoms with Crippen LogP contribution < -0.4 is 5.73 Å². The van der Waals surface area contributed by atoms with Crippen LogP contribution in [0.4, 0.5) is 4.39 Å². The van der Waals surface area contributed by atoms with Crippen LogP contribution in [0, 0.1) is 5.82 Å². The Hall–Kier alpha value is -1.87. The summed E-state index contributed by atoms with van der Waals surface area (Å²) in [6.45, 7) is 0. The molecule has 0 radical (unpaired) electrons. The van der Waals surface area contributed by atoms with Crippen molar-refractivity contribution in [2.45, 2.75) is 12.5 Å². The van der Waals surface area contributed by atoms with E-state index in [0.717, 1.165) is 11.1 Å². The van der Waals surface area contributed by atoms with Crippen LogP contribution >= 0.6 is 0 Å². The predicted molar refractivity (Wildman–Crippen MR) is 65.1 cm³/mol. The minimum Gasteiger partial charge on any atom is -0.508 e. The van der Waals surface area contributed by atoms with Gasteiger partial charge in [0.25, 0.3) is 0 Å². The lowest BCUT2D eigenvalue weighted by molar-refractivity contribution is 0.474. The summed E-state index contributed by atoms with van der Waals surface area (Å²) in [5.41, 5.74) is 7.87. The van der Waals surface area contributed by atoms with Crippen molar-refractivity contribution in [1.82, 2.24) is 0 Å². The number of benzene rings is 2. The summed E-state index contributed by atoms with van der Waals surface area (Å²) in [5, 5.41) is 9.34. The first kappa shape index (κ1) is 11.6. The quantitative estimate of drug-likeness (QED) is 0.853. The zero-order valence-electron chi connectivity index (χ0n) is 9.31. The van der Waals surface area contributed by atoms with E-state index in [4.69, 9.17) is 5.73 Å². The van der Waals surface area contributed by atoms with Crippen LogP contribution in [0.15, 0.2) is 48.5 Å². The summed E-state index contributed by atoms with van der Waals surface area (Å²) < 4.78 is 12.8. The summed E-state index contributed by atoms with van der Waals surface area (Å²) in [6.07, 6.45) is 0.611. The second kappa shape index (κ2) is 4.97. The van der Waals surface area contributed by atoms with Gasteiger partial charge in [-0.2, -0.15) is 0 Å². The molecule has 0 amide bonds. The van der Waals surface area contributed by atoms with E-state index in [1.165, 1.54) is 12.1 Å². The maximum atomic E-state index is 12.8. The van der Waals surface area contributed by atoms with Gasteiger partial charge in [-0.15, -0.1) is 0 Å². The molecule has 2 nitrogen and oxygen atoms in total. The summed E-state index contributed by atoms with van der Waals surface area (Å²) in [5.74, 6) is -0.0351. The topological polar surface area (TPSA) is 46.2 Å². The average Bonchev–Trinajstić information content (AvgIpc) is 2.29.